The monoisotopic (exact) mass is 326 g/mol. The number of carboxylic acids is 1. The van der Waals surface area contributed by atoms with Crippen LogP contribution < -0.4 is 5.32 Å². The number of hydrogen-bond acceptors (Lipinski definition) is 2. The van der Waals surface area contributed by atoms with E-state index < -0.39 is 5.97 Å². The van der Waals surface area contributed by atoms with E-state index >= 15 is 0 Å². The molecule has 0 aliphatic carbocycles. The number of rotatable bonds is 2. The van der Waals surface area contributed by atoms with Crippen LogP contribution in [0.4, 0.5) is 10.5 Å². The van der Waals surface area contributed by atoms with E-state index in [1.54, 1.807) is 11.0 Å². The normalized spacial score (nSPS) is 15.1. The first-order valence-electron chi connectivity index (χ1n) is 6.16. The zero-order chi connectivity index (χ0) is 13.8. The molecule has 0 bridgehead atoms. The summed E-state index contributed by atoms with van der Waals surface area (Å²) in [5.41, 5.74) is 0.630. The van der Waals surface area contributed by atoms with Crippen LogP contribution in [0.5, 0.6) is 0 Å². The van der Waals surface area contributed by atoms with Crippen LogP contribution in [0.2, 0.25) is 0 Å². The molecule has 0 unspecified atom stereocenters. The predicted octanol–water partition coefficient (Wildman–Crippen LogP) is 3.17. The Bertz CT molecular complexity index is 499. The minimum Gasteiger partial charge on any atom is -0.478 e. The third-order valence-corrected chi connectivity index (χ3v) is 3.50. The lowest BCUT2D eigenvalue weighted by molar-refractivity contribution is 0.0696. The molecule has 1 aliphatic heterocycles. The number of nitrogens with zero attached hydrogens (tertiary/aromatic N) is 1. The fraction of sp³-hybridized carbons (Fsp3) is 0.385. The zero-order valence-corrected chi connectivity index (χ0v) is 11.9. The zero-order valence-electron chi connectivity index (χ0n) is 10.4. The second-order valence-corrected chi connectivity index (χ2v) is 5.43. The molecule has 2 amide bonds. The van der Waals surface area contributed by atoms with Crippen molar-refractivity contribution in [1.82, 2.24) is 4.90 Å². The highest BCUT2D eigenvalue weighted by Crippen LogP contribution is 2.20. The molecule has 1 saturated heterocycles. The maximum Gasteiger partial charge on any atom is 0.335 e. The molecule has 0 saturated carbocycles. The average Bonchev–Trinajstić information content (AvgIpc) is 2.39. The molecule has 0 aromatic heterocycles. The number of halogens is 1. The maximum absolute atomic E-state index is 12.0. The third-order valence-electron chi connectivity index (χ3n) is 3.04. The second-order valence-electron chi connectivity index (χ2n) is 4.51. The lowest BCUT2D eigenvalue weighted by atomic mass is 10.1. The van der Waals surface area contributed by atoms with E-state index in [4.69, 9.17) is 5.11 Å². The van der Waals surface area contributed by atoms with E-state index in [1.165, 1.54) is 12.1 Å². The first-order valence-corrected chi connectivity index (χ1v) is 6.95. The van der Waals surface area contributed by atoms with Crippen LogP contribution >= 0.6 is 15.9 Å². The molecule has 1 aliphatic rings. The Morgan fingerprint density at radius 2 is 1.84 bits per heavy atom. The molecule has 1 heterocycles. The van der Waals surface area contributed by atoms with Gasteiger partial charge >= 0.3 is 12.0 Å². The van der Waals surface area contributed by atoms with Crippen LogP contribution in [0.3, 0.4) is 0 Å². The van der Waals surface area contributed by atoms with Gasteiger partial charge in [0.05, 0.1) is 5.56 Å². The van der Waals surface area contributed by atoms with Crippen molar-refractivity contribution >= 4 is 33.6 Å². The van der Waals surface area contributed by atoms with E-state index in [0.29, 0.717) is 10.2 Å². The van der Waals surface area contributed by atoms with Gasteiger partial charge in [-0.2, -0.15) is 0 Å². The highest BCUT2D eigenvalue weighted by atomic mass is 79.9. The molecule has 102 valence electrons. The second kappa shape index (κ2) is 6.06. The summed E-state index contributed by atoms with van der Waals surface area (Å²) in [7, 11) is 0. The number of piperidine rings is 1. The molecular weight excluding hydrogens is 312 g/mol. The molecule has 19 heavy (non-hydrogen) atoms. The standard InChI is InChI=1S/C13H15BrN2O3/c14-10-6-9(12(17)18)7-11(8-10)15-13(19)16-4-2-1-3-5-16/h6-8H,1-5H2,(H,15,19)(H,17,18). The Kier molecular flexibility index (Phi) is 4.42. The number of likely N-dealkylation sites (tertiary alicyclic amines) is 1. The molecule has 2 N–H and O–H groups in total. The van der Waals surface area contributed by atoms with Crippen molar-refractivity contribution in [2.45, 2.75) is 19.3 Å². The highest BCUT2D eigenvalue weighted by Gasteiger charge is 2.17. The first-order chi connectivity index (χ1) is 9.06. The number of aromatic carboxylic acids is 1. The minimum absolute atomic E-state index is 0.142. The summed E-state index contributed by atoms with van der Waals surface area (Å²) in [6.07, 6.45) is 3.20. The quantitative estimate of drug-likeness (QED) is 0.877. The molecule has 0 radical (unpaired) electrons. The van der Waals surface area contributed by atoms with Gasteiger partial charge in [-0.1, -0.05) is 15.9 Å². The molecule has 1 aromatic rings. The Morgan fingerprint density at radius 3 is 2.47 bits per heavy atom. The topological polar surface area (TPSA) is 69.6 Å². The van der Waals surface area contributed by atoms with Gasteiger partial charge in [0.2, 0.25) is 0 Å². The van der Waals surface area contributed by atoms with E-state index in [2.05, 4.69) is 21.2 Å². The maximum atomic E-state index is 12.0. The van der Waals surface area contributed by atoms with Crippen molar-refractivity contribution in [2.24, 2.45) is 0 Å². The SMILES string of the molecule is O=C(O)c1cc(Br)cc(NC(=O)N2CCCCC2)c1. The number of urea groups is 1. The van der Waals surface area contributed by atoms with Crippen molar-refractivity contribution < 1.29 is 14.7 Å². The van der Waals surface area contributed by atoms with Crippen molar-refractivity contribution in [3.8, 4) is 0 Å². The smallest absolute Gasteiger partial charge is 0.335 e. The summed E-state index contributed by atoms with van der Waals surface area (Å²) in [6.45, 7) is 1.51. The van der Waals surface area contributed by atoms with Gasteiger partial charge in [-0.15, -0.1) is 0 Å². The summed E-state index contributed by atoms with van der Waals surface area (Å²) >= 11 is 3.24. The first kappa shape index (κ1) is 13.9. The number of benzene rings is 1. The number of carbonyl (C=O) groups is 2. The van der Waals surface area contributed by atoms with Gasteiger partial charge in [0, 0.05) is 23.2 Å². The van der Waals surface area contributed by atoms with Gasteiger partial charge in [0.25, 0.3) is 0 Å². The van der Waals surface area contributed by atoms with Gasteiger partial charge in [-0.25, -0.2) is 9.59 Å². The number of nitrogens with one attached hydrogen (secondary N) is 1. The summed E-state index contributed by atoms with van der Waals surface area (Å²) < 4.78 is 0.626. The largest absolute Gasteiger partial charge is 0.478 e. The van der Waals surface area contributed by atoms with E-state index in [0.717, 1.165) is 32.4 Å². The minimum atomic E-state index is -1.02. The van der Waals surface area contributed by atoms with E-state index in [9.17, 15) is 9.59 Å². The Labute approximate surface area is 119 Å². The molecular formula is C13H15BrN2O3. The van der Waals surface area contributed by atoms with Crippen molar-refractivity contribution in [1.29, 1.82) is 0 Å². The Balaban J connectivity index is 2.09. The van der Waals surface area contributed by atoms with Gasteiger partial charge < -0.3 is 15.3 Å². The fourth-order valence-electron chi connectivity index (χ4n) is 2.08. The van der Waals surface area contributed by atoms with Gasteiger partial charge in [-0.05, 0) is 37.5 Å². The summed E-state index contributed by atoms with van der Waals surface area (Å²) in [6, 6.07) is 4.47. The summed E-state index contributed by atoms with van der Waals surface area (Å²) in [4.78, 5) is 24.7. The van der Waals surface area contributed by atoms with Gasteiger partial charge in [-0.3, -0.25) is 0 Å². The number of hydrogen-bond donors (Lipinski definition) is 2. The Hall–Kier alpha value is -1.56. The van der Waals surface area contributed by atoms with Gasteiger partial charge in [0.1, 0.15) is 0 Å². The molecule has 1 fully saturated rings. The lowest BCUT2D eigenvalue weighted by Crippen LogP contribution is -2.38. The molecule has 2 rings (SSSR count). The number of amides is 2. The highest BCUT2D eigenvalue weighted by molar-refractivity contribution is 9.10. The van der Waals surface area contributed by atoms with Crippen molar-refractivity contribution in [3.63, 3.8) is 0 Å². The van der Waals surface area contributed by atoms with E-state index in [1.807, 2.05) is 0 Å². The summed E-state index contributed by atoms with van der Waals surface area (Å²) in [5, 5.41) is 11.7. The predicted molar refractivity (Wildman–Crippen MR) is 75.5 cm³/mol. The van der Waals surface area contributed by atoms with Crippen LogP contribution in [0, 0.1) is 0 Å². The Morgan fingerprint density at radius 1 is 1.16 bits per heavy atom. The average molecular weight is 327 g/mol. The van der Waals surface area contributed by atoms with Crippen LogP contribution in [0.25, 0.3) is 0 Å². The lowest BCUT2D eigenvalue weighted by Gasteiger charge is -2.26. The van der Waals surface area contributed by atoms with Crippen LogP contribution in [-0.2, 0) is 0 Å². The molecule has 0 atom stereocenters. The van der Waals surface area contributed by atoms with Crippen molar-refractivity contribution in [3.05, 3.63) is 28.2 Å². The summed E-state index contributed by atoms with van der Waals surface area (Å²) in [5.74, 6) is -1.02. The number of carboxylic acid groups (broad SMARTS) is 1. The number of anilines is 1. The molecule has 0 spiro atoms. The van der Waals surface area contributed by atoms with Crippen molar-refractivity contribution in [2.75, 3.05) is 18.4 Å². The van der Waals surface area contributed by atoms with E-state index in [-0.39, 0.29) is 11.6 Å². The number of carbonyl (C=O) groups excluding carboxylic acids is 1. The molecule has 6 heteroatoms. The van der Waals surface area contributed by atoms with Crippen LogP contribution in [0.15, 0.2) is 22.7 Å². The van der Waals surface area contributed by atoms with Crippen LogP contribution in [0.1, 0.15) is 29.6 Å². The van der Waals surface area contributed by atoms with Gasteiger partial charge in [0.15, 0.2) is 0 Å². The fourth-order valence-corrected chi connectivity index (χ4v) is 2.58. The molecule has 1 aromatic carbocycles. The third kappa shape index (κ3) is 3.70. The molecule has 5 nitrogen and oxygen atoms in total. The van der Waals surface area contributed by atoms with Crippen LogP contribution in [-0.4, -0.2) is 35.1 Å².